The summed E-state index contributed by atoms with van der Waals surface area (Å²) in [7, 11) is 6.88. The first-order valence-corrected chi connectivity index (χ1v) is 24.2. The molecule has 0 spiro atoms. The fourth-order valence-corrected chi connectivity index (χ4v) is 10.3. The zero-order valence-corrected chi connectivity index (χ0v) is 43.3. The summed E-state index contributed by atoms with van der Waals surface area (Å²) >= 11 is 0. The maximum absolute atomic E-state index is 12.6. The van der Waals surface area contributed by atoms with Gasteiger partial charge in [-0.25, -0.2) is 9.59 Å². The Bertz CT molecular complexity index is 2980. The Labute approximate surface area is 419 Å². The quantitative estimate of drug-likeness (QED) is 0.155. The largest absolute Gasteiger partial charge is 0.496 e. The molecule has 7 aromatic carbocycles. The number of carboxylic acid groups (broad SMARTS) is 2. The summed E-state index contributed by atoms with van der Waals surface area (Å²) < 4.78 is 25.5. The van der Waals surface area contributed by atoms with Crippen LogP contribution in [0.2, 0.25) is 0 Å². The number of hydrogen-bond donors (Lipinski definition) is 2. The Morgan fingerprint density at radius 2 is 0.634 bits per heavy atom. The van der Waals surface area contributed by atoms with Crippen LogP contribution in [0.1, 0.15) is 140 Å². The molecule has 0 atom stereocenters. The van der Waals surface area contributed by atoms with E-state index >= 15 is 0 Å². The van der Waals surface area contributed by atoms with Crippen molar-refractivity contribution in [1.29, 1.82) is 0 Å². The van der Waals surface area contributed by atoms with E-state index in [2.05, 4.69) is 140 Å². The summed E-state index contributed by atoms with van der Waals surface area (Å²) in [5.41, 5.74) is 17.4. The predicted molar refractivity (Wildman–Crippen MR) is 284 cm³/mol. The van der Waals surface area contributed by atoms with Gasteiger partial charge in [0.25, 0.3) is 0 Å². The van der Waals surface area contributed by atoms with Gasteiger partial charge in [0.2, 0.25) is 0 Å². The van der Waals surface area contributed by atoms with Gasteiger partial charge in [0.05, 0.1) is 39.6 Å². The minimum atomic E-state index is -0.973. The lowest BCUT2D eigenvalue weighted by Gasteiger charge is -2.23. The van der Waals surface area contributed by atoms with Crippen LogP contribution in [0.25, 0.3) is 22.3 Å². The van der Waals surface area contributed by atoms with Gasteiger partial charge >= 0.3 is 11.9 Å². The maximum Gasteiger partial charge on any atom is 0.335 e. The van der Waals surface area contributed by atoms with Crippen molar-refractivity contribution in [2.75, 3.05) is 28.4 Å². The van der Waals surface area contributed by atoms with Crippen LogP contribution in [0.15, 0.2) is 109 Å². The number of aryl methyl sites for hydroxylation is 2. The second-order valence-corrected chi connectivity index (χ2v) is 21.3. The van der Waals surface area contributed by atoms with Crippen LogP contribution < -0.4 is 18.9 Å². The summed E-state index contributed by atoms with van der Waals surface area (Å²) in [5, 5.41) is 20.6. The van der Waals surface area contributed by atoms with Crippen molar-refractivity contribution in [2.45, 2.75) is 98.3 Å². The number of methoxy groups -OCH3 is 4. The standard InChI is InChI=1S/C63H66O8/c1-36-17-44-29-45-18-37(2)20-47(57(45)69-10)31-51-26-41(43-28-53(61(66)67)35-55(33-43)63(6,7)8)24-49(59(51)71-12)22-39-15-13-38(14-16-39)21-48-23-40(25-50(58(48)70-11)30-46(19-36)56(44)68-9)42-27-52(60(64)65)34-54(32-42)62(3,4)5/h13-20,23-28,32-35H,21-22,29-31H2,1-12H3,(H,64,65)(H,66,67). The summed E-state index contributed by atoms with van der Waals surface area (Å²) in [6.45, 7) is 16.8. The van der Waals surface area contributed by atoms with Crippen molar-refractivity contribution < 1.29 is 38.7 Å². The monoisotopic (exact) mass is 950 g/mol. The van der Waals surface area contributed by atoms with Crippen LogP contribution in [0.4, 0.5) is 0 Å². The summed E-state index contributed by atoms with van der Waals surface area (Å²) in [5.74, 6) is 1.13. The molecule has 0 fully saturated rings. The molecule has 71 heavy (non-hydrogen) atoms. The lowest BCUT2D eigenvalue weighted by molar-refractivity contribution is 0.0686. The Kier molecular flexibility index (Phi) is 14.0. The Morgan fingerprint density at radius 1 is 0.380 bits per heavy atom. The number of carbonyl (C=O) groups is 2. The molecule has 0 aliphatic heterocycles. The lowest BCUT2D eigenvalue weighted by Crippen LogP contribution is -2.13. The molecule has 0 heterocycles. The normalized spacial score (nSPS) is 12.7. The summed E-state index contributed by atoms with van der Waals surface area (Å²) in [6, 6.07) is 37.2. The van der Waals surface area contributed by atoms with E-state index in [4.69, 9.17) is 18.9 Å². The van der Waals surface area contributed by atoms with Crippen molar-refractivity contribution in [1.82, 2.24) is 0 Å². The summed E-state index contributed by atoms with van der Waals surface area (Å²) in [6.07, 6.45) is 2.62. The molecule has 8 nitrogen and oxygen atoms in total. The van der Waals surface area contributed by atoms with Crippen LogP contribution in [0.3, 0.4) is 0 Å². The number of carboxylic acids is 2. The SMILES string of the molecule is COc1c2cc(-c3cc(C(=O)O)cc(C(C)(C)C)c3)cc1Cc1cc(C)cc(c1OC)Cc1cc(C)cc(c1OC)Cc1cc(-c3cc(C(=O)O)cc(C(C)(C)C)c3)cc(c1OC)Cc1ccc(cc1)C2. The third-order valence-corrected chi connectivity index (χ3v) is 13.8. The van der Waals surface area contributed by atoms with E-state index in [0.29, 0.717) is 32.1 Å². The Morgan fingerprint density at radius 3 is 0.887 bits per heavy atom. The zero-order valence-electron chi connectivity index (χ0n) is 43.3. The van der Waals surface area contributed by atoms with Gasteiger partial charge in [-0.05, 0) is 162 Å². The number of aromatic carboxylic acids is 2. The molecule has 8 heteroatoms. The first kappa shape index (κ1) is 50.1. The Hall–Kier alpha value is -7.32. The molecule has 2 aliphatic rings. The van der Waals surface area contributed by atoms with Crippen LogP contribution in [-0.4, -0.2) is 50.6 Å². The average Bonchev–Trinajstić information content (AvgIpc) is 3.30. The van der Waals surface area contributed by atoms with Gasteiger partial charge in [0.15, 0.2) is 0 Å². The fraction of sp³-hybridized carbons (Fsp3) is 0.302. The number of rotatable bonds is 8. The van der Waals surface area contributed by atoms with E-state index in [1.54, 1.807) is 52.7 Å². The average molecular weight is 951 g/mol. The third-order valence-electron chi connectivity index (χ3n) is 13.8. The van der Waals surface area contributed by atoms with E-state index in [9.17, 15) is 19.8 Å². The Balaban J connectivity index is 1.39. The number of fused-ring (bicyclic) bond motifs is 2. The van der Waals surface area contributed by atoms with Crippen molar-refractivity contribution in [3.63, 3.8) is 0 Å². The first-order valence-electron chi connectivity index (χ1n) is 24.2. The maximum atomic E-state index is 12.6. The summed E-state index contributed by atoms with van der Waals surface area (Å²) in [4.78, 5) is 25.2. The smallest absolute Gasteiger partial charge is 0.335 e. The van der Waals surface area contributed by atoms with Gasteiger partial charge < -0.3 is 29.2 Å². The second kappa shape index (κ2) is 19.8. The molecule has 0 unspecified atom stereocenters. The highest BCUT2D eigenvalue weighted by atomic mass is 16.5. The van der Waals surface area contributed by atoms with Crippen LogP contribution >= 0.6 is 0 Å². The van der Waals surface area contributed by atoms with E-state index < -0.39 is 11.9 Å². The predicted octanol–water partition coefficient (Wildman–Crippen LogP) is 13.9. The minimum absolute atomic E-state index is 0.239. The van der Waals surface area contributed by atoms with Gasteiger partial charge in [-0.3, -0.25) is 0 Å². The first-order chi connectivity index (χ1) is 33.6. The third kappa shape index (κ3) is 10.7. The van der Waals surface area contributed by atoms with Crippen LogP contribution in [-0.2, 0) is 42.9 Å². The van der Waals surface area contributed by atoms with Crippen molar-refractivity contribution in [2.24, 2.45) is 0 Å². The number of ether oxygens (including phenoxy) is 4. The van der Waals surface area contributed by atoms with Gasteiger partial charge in [0.1, 0.15) is 23.0 Å². The molecule has 0 saturated carbocycles. The lowest BCUT2D eigenvalue weighted by atomic mass is 9.83. The highest BCUT2D eigenvalue weighted by Crippen LogP contribution is 2.42. The molecule has 9 rings (SSSR count). The molecule has 2 N–H and O–H groups in total. The van der Waals surface area contributed by atoms with Gasteiger partial charge in [-0.2, -0.15) is 0 Å². The van der Waals surface area contributed by atoms with Crippen molar-refractivity contribution >= 4 is 11.9 Å². The molecule has 2 aliphatic carbocycles. The van der Waals surface area contributed by atoms with Crippen molar-refractivity contribution in [3.8, 4) is 45.3 Å². The topological polar surface area (TPSA) is 112 Å². The molecular weight excluding hydrogens is 885 g/mol. The fourth-order valence-electron chi connectivity index (χ4n) is 10.3. The molecular formula is C63H66O8. The number of hydrogen-bond acceptors (Lipinski definition) is 6. The van der Waals surface area contributed by atoms with E-state index in [1.807, 2.05) is 0 Å². The van der Waals surface area contributed by atoms with Crippen molar-refractivity contribution in [3.05, 3.63) is 198 Å². The molecule has 7 aromatic rings. The number of benzene rings is 7. The molecule has 0 radical (unpaired) electrons. The van der Waals surface area contributed by atoms with E-state index in [-0.39, 0.29) is 22.0 Å². The molecule has 0 aromatic heterocycles. The molecule has 0 saturated heterocycles. The second-order valence-electron chi connectivity index (χ2n) is 21.3. The minimum Gasteiger partial charge on any atom is -0.496 e. The van der Waals surface area contributed by atoms with E-state index in [0.717, 1.165) is 123 Å². The van der Waals surface area contributed by atoms with Crippen LogP contribution in [0, 0.1) is 13.8 Å². The highest BCUT2D eigenvalue weighted by molar-refractivity contribution is 5.91. The molecule has 0 amide bonds. The van der Waals surface area contributed by atoms with E-state index in [1.165, 1.54) is 0 Å². The molecule has 366 valence electrons. The zero-order chi connectivity index (χ0) is 51.1. The van der Waals surface area contributed by atoms with Crippen LogP contribution in [0.5, 0.6) is 23.0 Å². The highest BCUT2D eigenvalue weighted by Gasteiger charge is 2.25. The molecule has 10 bridgehead atoms. The van der Waals surface area contributed by atoms with Gasteiger partial charge in [-0.15, -0.1) is 0 Å². The van der Waals surface area contributed by atoms with Gasteiger partial charge in [0, 0.05) is 32.1 Å². The van der Waals surface area contributed by atoms with Gasteiger partial charge in [-0.1, -0.05) is 113 Å².